The first kappa shape index (κ1) is 16.3. The van der Waals surface area contributed by atoms with E-state index in [1.165, 1.54) is 4.90 Å². The van der Waals surface area contributed by atoms with Crippen LogP contribution in [0.5, 0.6) is 0 Å². The van der Waals surface area contributed by atoms with Gasteiger partial charge in [0.2, 0.25) is 0 Å². The van der Waals surface area contributed by atoms with Crippen LogP contribution in [0.4, 0.5) is 10.6 Å². The van der Waals surface area contributed by atoms with Crippen molar-refractivity contribution in [1.29, 1.82) is 0 Å². The molecular formula is C19H21N5O3. The molecule has 1 amide bonds. The number of amides is 1. The van der Waals surface area contributed by atoms with Crippen LogP contribution in [0.1, 0.15) is 43.2 Å². The van der Waals surface area contributed by atoms with Gasteiger partial charge in [-0.15, -0.1) is 0 Å². The average Bonchev–Trinajstić information content (AvgIpc) is 3.27. The number of aromatic nitrogens is 3. The molecule has 5 rings (SSSR count). The van der Waals surface area contributed by atoms with E-state index in [2.05, 4.69) is 27.5 Å². The standard InChI is InChI=1S/C19H21N5O3/c1-10-8-27-9-15-22-16-17(24(10)15)12-7-11(4-5-13(12)21-18(16)20)14-3-2-6-23(14)19(25)26/h4-5,7,10,14H,2-3,6,8-9H2,1H3,(H2,20,21)(H,25,26)/t10-,14?/m0/s1. The Morgan fingerprint density at radius 1 is 1.37 bits per heavy atom. The number of hydrogen-bond acceptors (Lipinski definition) is 5. The Kier molecular flexibility index (Phi) is 3.51. The van der Waals surface area contributed by atoms with Gasteiger partial charge in [-0.3, -0.25) is 0 Å². The largest absolute Gasteiger partial charge is 0.465 e. The molecule has 8 heteroatoms. The Morgan fingerprint density at radius 2 is 2.22 bits per heavy atom. The zero-order valence-corrected chi connectivity index (χ0v) is 15.1. The molecule has 1 fully saturated rings. The average molecular weight is 367 g/mol. The van der Waals surface area contributed by atoms with Crippen LogP contribution in [0.3, 0.4) is 0 Å². The number of hydrogen-bond donors (Lipinski definition) is 2. The van der Waals surface area contributed by atoms with E-state index in [1.807, 2.05) is 12.1 Å². The SMILES string of the molecule is C[C@H]1COCc2nc3c(N)nc4ccc(C5CCCN5C(=O)O)cc4c3n21. The van der Waals surface area contributed by atoms with Crippen molar-refractivity contribution in [3.05, 3.63) is 29.6 Å². The first-order valence-corrected chi connectivity index (χ1v) is 9.22. The van der Waals surface area contributed by atoms with Gasteiger partial charge >= 0.3 is 6.09 Å². The highest BCUT2D eigenvalue weighted by atomic mass is 16.5. The van der Waals surface area contributed by atoms with Gasteiger partial charge in [-0.2, -0.15) is 0 Å². The van der Waals surface area contributed by atoms with Gasteiger partial charge in [0.15, 0.2) is 5.82 Å². The van der Waals surface area contributed by atoms with Crippen LogP contribution >= 0.6 is 0 Å². The highest BCUT2D eigenvalue weighted by Crippen LogP contribution is 2.37. The number of benzene rings is 1. The molecule has 2 aromatic heterocycles. The Morgan fingerprint density at radius 3 is 3.04 bits per heavy atom. The third-order valence-corrected chi connectivity index (χ3v) is 5.66. The molecule has 0 radical (unpaired) electrons. The molecule has 27 heavy (non-hydrogen) atoms. The molecule has 8 nitrogen and oxygen atoms in total. The predicted molar refractivity (Wildman–Crippen MR) is 101 cm³/mol. The molecule has 1 unspecified atom stereocenters. The van der Waals surface area contributed by atoms with Crippen LogP contribution in [0.15, 0.2) is 18.2 Å². The number of anilines is 1. The van der Waals surface area contributed by atoms with E-state index in [0.29, 0.717) is 31.1 Å². The van der Waals surface area contributed by atoms with Crippen LogP contribution in [0.25, 0.3) is 21.9 Å². The lowest BCUT2D eigenvalue weighted by Crippen LogP contribution is -2.28. The number of nitrogens with two attached hydrogens (primary N) is 1. The Balaban J connectivity index is 1.76. The molecule has 2 atom stereocenters. The molecule has 3 N–H and O–H groups in total. The predicted octanol–water partition coefficient (Wildman–Crippen LogP) is 3.07. The summed E-state index contributed by atoms with van der Waals surface area (Å²) in [5.74, 6) is 1.26. The van der Waals surface area contributed by atoms with Gasteiger partial charge in [-0.05, 0) is 37.5 Å². The molecule has 4 heterocycles. The third-order valence-electron chi connectivity index (χ3n) is 5.66. The number of ether oxygens (including phenoxy) is 1. The number of carboxylic acid groups (broad SMARTS) is 1. The summed E-state index contributed by atoms with van der Waals surface area (Å²) in [6.07, 6.45) is 0.838. The fourth-order valence-corrected chi connectivity index (χ4v) is 4.46. The van der Waals surface area contributed by atoms with E-state index in [4.69, 9.17) is 10.5 Å². The minimum Gasteiger partial charge on any atom is -0.465 e. The van der Waals surface area contributed by atoms with Crippen LogP contribution in [0, 0.1) is 0 Å². The summed E-state index contributed by atoms with van der Waals surface area (Å²) in [5.41, 5.74) is 9.63. The summed E-state index contributed by atoms with van der Waals surface area (Å²) in [5, 5.41) is 10.5. The van der Waals surface area contributed by atoms with Gasteiger partial charge in [0.25, 0.3) is 0 Å². The highest BCUT2D eigenvalue weighted by Gasteiger charge is 2.30. The van der Waals surface area contributed by atoms with Crippen LogP contribution in [-0.2, 0) is 11.3 Å². The highest BCUT2D eigenvalue weighted by molar-refractivity contribution is 6.07. The van der Waals surface area contributed by atoms with E-state index in [-0.39, 0.29) is 12.1 Å². The summed E-state index contributed by atoms with van der Waals surface area (Å²) in [6.45, 7) is 3.75. The fraction of sp³-hybridized carbons (Fsp3) is 0.421. The van der Waals surface area contributed by atoms with Gasteiger partial charge in [0, 0.05) is 11.9 Å². The molecule has 2 aliphatic heterocycles. The van der Waals surface area contributed by atoms with Crippen molar-refractivity contribution in [2.75, 3.05) is 18.9 Å². The summed E-state index contributed by atoms with van der Waals surface area (Å²) in [7, 11) is 0. The fourth-order valence-electron chi connectivity index (χ4n) is 4.46. The second-order valence-corrected chi connectivity index (χ2v) is 7.37. The van der Waals surface area contributed by atoms with E-state index >= 15 is 0 Å². The first-order chi connectivity index (χ1) is 13.0. The molecule has 140 valence electrons. The van der Waals surface area contributed by atoms with E-state index < -0.39 is 6.09 Å². The van der Waals surface area contributed by atoms with Crippen LogP contribution < -0.4 is 5.73 Å². The summed E-state index contributed by atoms with van der Waals surface area (Å²) < 4.78 is 7.81. The third kappa shape index (κ3) is 2.36. The number of likely N-dealkylation sites (tertiary alicyclic amines) is 1. The Labute approximate surface area is 155 Å². The minimum atomic E-state index is -0.870. The number of imidazole rings is 1. The molecule has 1 saturated heterocycles. The number of pyridine rings is 1. The summed E-state index contributed by atoms with van der Waals surface area (Å²) in [4.78, 5) is 22.3. The second-order valence-electron chi connectivity index (χ2n) is 7.37. The quantitative estimate of drug-likeness (QED) is 0.684. The van der Waals surface area contributed by atoms with Crippen molar-refractivity contribution >= 4 is 33.8 Å². The van der Waals surface area contributed by atoms with Crippen molar-refractivity contribution < 1.29 is 14.6 Å². The van der Waals surface area contributed by atoms with E-state index in [1.54, 1.807) is 0 Å². The van der Waals surface area contributed by atoms with Gasteiger partial charge in [0.05, 0.1) is 29.7 Å². The van der Waals surface area contributed by atoms with Gasteiger partial charge in [-0.1, -0.05) is 6.07 Å². The normalized spacial score (nSPS) is 22.5. The molecule has 0 saturated carbocycles. The van der Waals surface area contributed by atoms with Crippen molar-refractivity contribution in [2.24, 2.45) is 0 Å². The number of carbonyl (C=O) groups is 1. The molecule has 1 aromatic carbocycles. The van der Waals surface area contributed by atoms with Gasteiger partial charge in [0.1, 0.15) is 17.9 Å². The van der Waals surface area contributed by atoms with Gasteiger partial charge < -0.3 is 25.0 Å². The lowest BCUT2D eigenvalue weighted by Gasteiger charge is -2.24. The maximum Gasteiger partial charge on any atom is 0.407 e. The number of rotatable bonds is 1. The first-order valence-electron chi connectivity index (χ1n) is 9.22. The zero-order valence-electron chi connectivity index (χ0n) is 15.1. The molecular weight excluding hydrogens is 346 g/mol. The van der Waals surface area contributed by atoms with Gasteiger partial charge in [-0.25, -0.2) is 14.8 Å². The van der Waals surface area contributed by atoms with E-state index in [9.17, 15) is 9.90 Å². The zero-order chi connectivity index (χ0) is 18.7. The molecule has 3 aromatic rings. The van der Waals surface area contributed by atoms with E-state index in [0.717, 1.165) is 40.6 Å². The maximum absolute atomic E-state index is 11.6. The van der Waals surface area contributed by atoms with Crippen molar-refractivity contribution in [1.82, 2.24) is 19.4 Å². The number of nitrogen functional groups attached to an aromatic ring is 1. The summed E-state index contributed by atoms with van der Waals surface area (Å²) in [6, 6.07) is 5.99. The maximum atomic E-state index is 11.6. The molecule has 0 spiro atoms. The topological polar surface area (TPSA) is 106 Å². The Bertz CT molecular complexity index is 1080. The monoisotopic (exact) mass is 367 g/mol. The Hall–Kier alpha value is -2.87. The van der Waals surface area contributed by atoms with Crippen molar-refractivity contribution in [3.63, 3.8) is 0 Å². The number of fused-ring (bicyclic) bond motifs is 5. The molecule has 2 aliphatic rings. The summed E-state index contributed by atoms with van der Waals surface area (Å²) >= 11 is 0. The van der Waals surface area contributed by atoms with Crippen molar-refractivity contribution in [2.45, 2.75) is 38.5 Å². The lowest BCUT2D eigenvalue weighted by molar-refractivity contribution is 0.0622. The van der Waals surface area contributed by atoms with Crippen LogP contribution in [-0.4, -0.2) is 43.8 Å². The smallest absolute Gasteiger partial charge is 0.407 e. The lowest BCUT2D eigenvalue weighted by atomic mass is 10.0. The minimum absolute atomic E-state index is 0.121. The molecule has 0 bridgehead atoms. The van der Waals surface area contributed by atoms with Crippen molar-refractivity contribution in [3.8, 4) is 0 Å². The van der Waals surface area contributed by atoms with Crippen LogP contribution in [0.2, 0.25) is 0 Å². The second kappa shape index (κ2) is 5.82. The molecule has 0 aliphatic carbocycles. The number of nitrogens with zero attached hydrogens (tertiary/aromatic N) is 4.